The van der Waals surface area contributed by atoms with E-state index in [9.17, 15) is 0 Å². The van der Waals surface area contributed by atoms with Crippen LogP contribution in [0.15, 0.2) is 4.99 Å². The lowest BCUT2D eigenvalue weighted by molar-refractivity contribution is -0.0121. The number of hydrogen-bond donors (Lipinski definition) is 1. The molecule has 3 aliphatic rings. The summed E-state index contributed by atoms with van der Waals surface area (Å²) in [6, 6.07) is 0. The van der Waals surface area contributed by atoms with Crippen LogP contribution in [0.3, 0.4) is 0 Å². The second-order valence-electron chi connectivity index (χ2n) is 5.61. The maximum absolute atomic E-state index is 5.50. The highest BCUT2D eigenvalue weighted by molar-refractivity contribution is 7.99. The number of rotatable bonds is 3. The van der Waals surface area contributed by atoms with Crippen LogP contribution in [0.25, 0.3) is 0 Å². The third kappa shape index (κ3) is 2.85. The topological polar surface area (TPSA) is 40.1 Å². The summed E-state index contributed by atoms with van der Waals surface area (Å²) < 4.78 is 5.50. The van der Waals surface area contributed by atoms with E-state index in [2.05, 4.69) is 38.9 Å². The Morgan fingerprint density at radius 3 is 2.84 bits per heavy atom. The van der Waals surface area contributed by atoms with Gasteiger partial charge in [-0.05, 0) is 12.2 Å². The van der Waals surface area contributed by atoms with Crippen LogP contribution >= 0.6 is 11.8 Å². The van der Waals surface area contributed by atoms with Crippen LogP contribution in [-0.2, 0) is 4.74 Å². The molecule has 0 aromatic heterocycles. The van der Waals surface area contributed by atoms with Gasteiger partial charge in [0, 0.05) is 44.5 Å². The Hall–Kier alpha value is -0.460. The molecular weight excluding hydrogens is 260 g/mol. The Balaban J connectivity index is 1.63. The van der Waals surface area contributed by atoms with Crippen LogP contribution < -0.4 is 5.32 Å². The van der Waals surface area contributed by atoms with Gasteiger partial charge >= 0.3 is 0 Å². The molecule has 108 valence electrons. The fraction of sp³-hybridized carbons (Fsp3) is 0.923. The maximum Gasteiger partial charge on any atom is 0.193 e. The number of thioether (sulfide) groups is 1. The van der Waals surface area contributed by atoms with E-state index in [0.717, 1.165) is 51.9 Å². The van der Waals surface area contributed by atoms with Gasteiger partial charge in [0.1, 0.15) is 0 Å². The third-order valence-electron chi connectivity index (χ3n) is 4.40. The van der Waals surface area contributed by atoms with E-state index >= 15 is 0 Å². The van der Waals surface area contributed by atoms with Crippen molar-refractivity contribution < 1.29 is 4.74 Å². The van der Waals surface area contributed by atoms with Crippen LogP contribution in [-0.4, -0.2) is 85.8 Å². The molecule has 19 heavy (non-hydrogen) atoms. The number of aliphatic imine (C=N–C) groups is 1. The molecule has 0 bridgehead atoms. The zero-order chi connectivity index (χ0) is 13.1. The smallest absolute Gasteiger partial charge is 0.193 e. The molecule has 0 aromatic rings. The maximum atomic E-state index is 5.50. The molecule has 2 saturated heterocycles. The minimum absolute atomic E-state index is 0.306. The first-order valence-electron chi connectivity index (χ1n) is 7.20. The van der Waals surface area contributed by atoms with Crippen LogP contribution in [0.5, 0.6) is 0 Å². The summed E-state index contributed by atoms with van der Waals surface area (Å²) in [5.41, 5.74) is 0.306. The Morgan fingerprint density at radius 2 is 2.21 bits per heavy atom. The molecule has 0 amide bonds. The largest absolute Gasteiger partial charge is 0.379 e. The van der Waals surface area contributed by atoms with Gasteiger partial charge in [0.15, 0.2) is 5.96 Å². The Morgan fingerprint density at radius 1 is 1.37 bits per heavy atom. The van der Waals surface area contributed by atoms with Crippen molar-refractivity contribution in [3.05, 3.63) is 0 Å². The van der Waals surface area contributed by atoms with E-state index in [0.29, 0.717) is 5.54 Å². The van der Waals surface area contributed by atoms with Crippen LogP contribution in [0.4, 0.5) is 0 Å². The summed E-state index contributed by atoms with van der Waals surface area (Å²) in [6.45, 7) is 6.90. The predicted molar refractivity (Wildman–Crippen MR) is 80.0 cm³/mol. The average Bonchev–Trinajstić information content (AvgIpc) is 3.07. The van der Waals surface area contributed by atoms with Crippen molar-refractivity contribution in [2.24, 2.45) is 4.99 Å². The van der Waals surface area contributed by atoms with Crippen molar-refractivity contribution in [1.82, 2.24) is 15.1 Å². The van der Waals surface area contributed by atoms with E-state index in [1.165, 1.54) is 17.9 Å². The van der Waals surface area contributed by atoms with Crippen molar-refractivity contribution in [3.63, 3.8) is 0 Å². The molecule has 1 unspecified atom stereocenters. The fourth-order valence-corrected chi connectivity index (χ4v) is 4.58. The molecule has 3 heterocycles. The van der Waals surface area contributed by atoms with Crippen LogP contribution in [0, 0.1) is 0 Å². The predicted octanol–water partition coefficient (Wildman–Crippen LogP) is 0.0853. The van der Waals surface area contributed by atoms with Crippen LogP contribution in [0.2, 0.25) is 0 Å². The summed E-state index contributed by atoms with van der Waals surface area (Å²) in [6.07, 6.45) is 1.28. The Kier molecular flexibility index (Phi) is 4.19. The van der Waals surface area contributed by atoms with Gasteiger partial charge < -0.3 is 15.0 Å². The summed E-state index contributed by atoms with van der Waals surface area (Å²) in [4.78, 5) is 9.39. The highest BCUT2D eigenvalue weighted by Crippen LogP contribution is 2.33. The first-order valence-corrected chi connectivity index (χ1v) is 8.36. The van der Waals surface area contributed by atoms with Crippen molar-refractivity contribution in [2.75, 3.05) is 64.5 Å². The molecule has 3 rings (SSSR count). The molecular formula is C13H24N4OS. The number of nitrogens with zero attached hydrogens (tertiary/aromatic N) is 3. The minimum Gasteiger partial charge on any atom is -0.379 e. The summed E-state index contributed by atoms with van der Waals surface area (Å²) >= 11 is 2.08. The molecule has 1 N–H and O–H groups in total. The molecule has 0 saturated carbocycles. The number of guanidine groups is 1. The third-order valence-corrected chi connectivity index (χ3v) is 5.63. The van der Waals surface area contributed by atoms with E-state index in [1.54, 1.807) is 0 Å². The molecule has 3 aliphatic heterocycles. The Labute approximate surface area is 119 Å². The molecule has 5 nitrogen and oxygen atoms in total. The van der Waals surface area contributed by atoms with Gasteiger partial charge in [-0.2, -0.15) is 11.8 Å². The SMILES string of the molecule is CN1CCN=C1NCC1(N2CCOCC2)CCSC1. The second kappa shape index (κ2) is 5.89. The molecule has 2 fully saturated rings. The zero-order valence-corrected chi connectivity index (χ0v) is 12.5. The highest BCUT2D eigenvalue weighted by Gasteiger charge is 2.40. The van der Waals surface area contributed by atoms with Crippen molar-refractivity contribution in [3.8, 4) is 0 Å². The number of morpholine rings is 1. The number of likely N-dealkylation sites (N-methyl/N-ethyl adjacent to an activating group) is 1. The summed E-state index contributed by atoms with van der Waals surface area (Å²) in [5, 5.41) is 3.59. The lowest BCUT2D eigenvalue weighted by Crippen LogP contribution is -2.59. The number of ether oxygens (including phenoxy) is 1. The number of hydrogen-bond acceptors (Lipinski definition) is 6. The lowest BCUT2D eigenvalue weighted by atomic mass is 9.95. The molecule has 6 heteroatoms. The standard InChI is InChI=1S/C13H24N4OS/c1-16-4-3-14-12(16)15-10-13(2-9-19-11-13)17-5-7-18-8-6-17/h2-11H2,1H3,(H,14,15). The highest BCUT2D eigenvalue weighted by atomic mass is 32.2. The van der Waals surface area contributed by atoms with E-state index < -0.39 is 0 Å². The quantitative estimate of drug-likeness (QED) is 0.795. The molecule has 0 spiro atoms. The van der Waals surface area contributed by atoms with Crippen molar-refractivity contribution >= 4 is 17.7 Å². The molecule has 0 radical (unpaired) electrons. The monoisotopic (exact) mass is 284 g/mol. The minimum atomic E-state index is 0.306. The van der Waals surface area contributed by atoms with Crippen molar-refractivity contribution in [2.45, 2.75) is 12.0 Å². The van der Waals surface area contributed by atoms with Gasteiger partial charge in [0.05, 0.1) is 19.8 Å². The van der Waals surface area contributed by atoms with E-state index in [1.807, 2.05) is 0 Å². The summed E-state index contributed by atoms with van der Waals surface area (Å²) in [5.74, 6) is 3.59. The summed E-state index contributed by atoms with van der Waals surface area (Å²) in [7, 11) is 2.11. The molecule has 0 aliphatic carbocycles. The normalized spacial score (nSPS) is 32.7. The van der Waals surface area contributed by atoms with Gasteiger partial charge in [-0.25, -0.2) is 0 Å². The number of nitrogens with one attached hydrogen (secondary N) is 1. The molecule has 0 aromatic carbocycles. The van der Waals surface area contributed by atoms with Crippen LogP contribution in [0.1, 0.15) is 6.42 Å². The fourth-order valence-electron chi connectivity index (χ4n) is 3.10. The van der Waals surface area contributed by atoms with Gasteiger partial charge in [0.25, 0.3) is 0 Å². The molecule has 1 atom stereocenters. The van der Waals surface area contributed by atoms with Gasteiger partial charge in [-0.3, -0.25) is 9.89 Å². The van der Waals surface area contributed by atoms with Gasteiger partial charge in [-0.15, -0.1) is 0 Å². The van der Waals surface area contributed by atoms with E-state index in [-0.39, 0.29) is 0 Å². The second-order valence-corrected chi connectivity index (χ2v) is 6.71. The van der Waals surface area contributed by atoms with E-state index in [4.69, 9.17) is 4.74 Å². The van der Waals surface area contributed by atoms with Gasteiger partial charge in [-0.1, -0.05) is 0 Å². The Bertz CT molecular complexity index is 338. The average molecular weight is 284 g/mol. The van der Waals surface area contributed by atoms with Gasteiger partial charge in [0.2, 0.25) is 0 Å². The first-order chi connectivity index (χ1) is 9.30. The first kappa shape index (κ1) is 13.5. The zero-order valence-electron chi connectivity index (χ0n) is 11.7. The lowest BCUT2D eigenvalue weighted by Gasteiger charge is -2.43. The van der Waals surface area contributed by atoms with Crippen molar-refractivity contribution in [1.29, 1.82) is 0 Å².